The molecule has 0 spiro atoms. The number of ether oxygens (including phenoxy) is 1. The molecule has 3 rings (SSSR count). The number of halogens is 1. The Morgan fingerprint density at radius 3 is 2.92 bits per heavy atom. The summed E-state index contributed by atoms with van der Waals surface area (Å²) in [5, 5.41) is 11.1. The van der Waals surface area contributed by atoms with Crippen LogP contribution in [0.5, 0.6) is 0 Å². The predicted octanol–water partition coefficient (Wildman–Crippen LogP) is 5.44. The highest BCUT2D eigenvalue weighted by Crippen LogP contribution is 2.49. The lowest BCUT2D eigenvalue weighted by Crippen LogP contribution is -2.38. The molecule has 2 aliphatic carbocycles. The van der Waals surface area contributed by atoms with Crippen molar-refractivity contribution >= 4 is 23.2 Å². The van der Waals surface area contributed by atoms with Crippen LogP contribution >= 0.6 is 15.9 Å². The third-order valence-electron chi connectivity index (χ3n) is 5.70. The lowest BCUT2D eigenvalue weighted by molar-refractivity contribution is 0.0495. The topological polar surface area (TPSA) is 29.5 Å². The smallest absolute Gasteiger partial charge is 0.183 e. The van der Waals surface area contributed by atoms with E-state index in [1.165, 1.54) is 22.2 Å². The van der Waals surface area contributed by atoms with Gasteiger partial charge in [0, 0.05) is 6.51 Å². The Balaban J connectivity index is 2.04. The van der Waals surface area contributed by atoms with Crippen molar-refractivity contribution in [2.75, 3.05) is 6.51 Å². The molecule has 1 aliphatic heterocycles. The molecular formula is C20H27BBrO2. The van der Waals surface area contributed by atoms with Crippen molar-refractivity contribution in [2.45, 2.75) is 52.6 Å². The molecule has 0 aromatic heterocycles. The molecule has 1 fully saturated rings. The van der Waals surface area contributed by atoms with Crippen LogP contribution in [-0.4, -0.2) is 25.0 Å². The zero-order valence-corrected chi connectivity index (χ0v) is 16.5. The molecule has 1 radical (unpaired) electrons. The number of fused-ring (bicyclic) bond motifs is 1. The Kier molecular flexibility index (Phi) is 5.46. The molecule has 1 saturated heterocycles. The molecule has 0 saturated carbocycles. The molecule has 0 amide bonds. The van der Waals surface area contributed by atoms with Gasteiger partial charge in [0.1, 0.15) is 5.76 Å². The molecule has 0 aromatic carbocycles. The van der Waals surface area contributed by atoms with Crippen molar-refractivity contribution in [1.29, 1.82) is 0 Å². The van der Waals surface area contributed by atoms with Crippen molar-refractivity contribution in [3.8, 4) is 0 Å². The maximum absolute atomic E-state index is 11.1. The molecule has 4 heteroatoms. The van der Waals surface area contributed by atoms with Gasteiger partial charge in [0.25, 0.3) is 0 Å². The summed E-state index contributed by atoms with van der Waals surface area (Å²) in [6.45, 7) is 11.4. The second-order valence-corrected chi connectivity index (χ2v) is 8.24. The van der Waals surface area contributed by atoms with Crippen LogP contribution in [0.15, 0.2) is 45.1 Å². The van der Waals surface area contributed by atoms with Crippen LogP contribution in [0.1, 0.15) is 46.5 Å². The molecule has 4 unspecified atom stereocenters. The summed E-state index contributed by atoms with van der Waals surface area (Å²) < 4.78 is 6.98. The van der Waals surface area contributed by atoms with Crippen molar-refractivity contribution in [3.63, 3.8) is 0 Å². The van der Waals surface area contributed by atoms with Gasteiger partial charge in [0.15, 0.2) is 7.28 Å². The zero-order valence-electron chi connectivity index (χ0n) is 14.9. The van der Waals surface area contributed by atoms with Crippen LogP contribution < -0.4 is 0 Å². The highest BCUT2D eigenvalue weighted by atomic mass is 79.9. The predicted molar refractivity (Wildman–Crippen MR) is 104 cm³/mol. The van der Waals surface area contributed by atoms with Crippen LogP contribution in [0, 0.1) is 17.8 Å². The van der Waals surface area contributed by atoms with Crippen molar-refractivity contribution in [3.05, 3.63) is 45.1 Å². The van der Waals surface area contributed by atoms with E-state index in [9.17, 15) is 5.11 Å². The van der Waals surface area contributed by atoms with Gasteiger partial charge in [-0.2, -0.15) is 0 Å². The van der Waals surface area contributed by atoms with Gasteiger partial charge in [0.2, 0.25) is 0 Å². The maximum atomic E-state index is 11.1. The SMILES string of the molecule is C=C(C)C1CCC(C)=CC1C1C(O)=C(Br)C(CCC)=C2[B]COC21. The van der Waals surface area contributed by atoms with Gasteiger partial charge < -0.3 is 9.84 Å². The number of hydrogen-bond acceptors (Lipinski definition) is 2. The molecule has 24 heavy (non-hydrogen) atoms. The average Bonchev–Trinajstić information content (AvgIpc) is 3.00. The van der Waals surface area contributed by atoms with E-state index < -0.39 is 0 Å². The fourth-order valence-corrected chi connectivity index (χ4v) is 5.22. The molecule has 1 heterocycles. The lowest BCUT2D eigenvalue weighted by atomic mass is 9.60. The van der Waals surface area contributed by atoms with Crippen LogP contribution in [-0.2, 0) is 4.74 Å². The van der Waals surface area contributed by atoms with Gasteiger partial charge in [-0.3, -0.25) is 0 Å². The second-order valence-electron chi connectivity index (χ2n) is 7.45. The minimum atomic E-state index is -0.0261. The van der Waals surface area contributed by atoms with Crippen LogP contribution in [0.4, 0.5) is 0 Å². The van der Waals surface area contributed by atoms with Crippen LogP contribution in [0.25, 0.3) is 0 Å². The number of rotatable bonds is 4. The quantitative estimate of drug-likeness (QED) is 0.512. The van der Waals surface area contributed by atoms with Gasteiger partial charge in [0.05, 0.1) is 16.5 Å². The van der Waals surface area contributed by atoms with E-state index in [1.54, 1.807) is 0 Å². The minimum Gasteiger partial charge on any atom is -0.511 e. The van der Waals surface area contributed by atoms with E-state index in [2.05, 4.69) is 56.6 Å². The molecule has 2 nitrogen and oxygen atoms in total. The summed E-state index contributed by atoms with van der Waals surface area (Å²) in [6, 6.07) is 0. The van der Waals surface area contributed by atoms with Gasteiger partial charge in [-0.15, -0.1) is 0 Å². The number of aliphatic hydroxyl groups excluding tert-OH is 1. The fourth-order valence-electron chi connectivity index (χ4n) is 4.53. The lowest BCUT2D eigenvalue weighted by Gasteiger charge is -2.41. The summed E-state index contributed by atoms with van der Waals surface area (Å²) in [6.07, 6.45) is 6.58. The monoisotopic (exact) mass is 389 g/mol. The molecular weight excluding hydrogens is 363 g/mol. The van der Waals surface area contributed by atoms with Gasteiger partial charge in [-0.05, 0) is 66.4 Å². The number of allylic oxidation sites excluding steroid dienone is 5. The molecule has 0 bridgehead atoms. The third kappa shape index (κ3) is 3.08. The van der Waals surface area contributed by atoms with Gasteiger partial charge in [-0.1, -0.05) is 42.6 Å². The van der Waals surface area contributed by atoms with Gasteiger partial charge in [-0.25, -0.2) is 0 Å². The third-order valence-corrected chi connectivity index (χ3v) is 6.59. The van der Waals surface area contributed by atoms with E-state index in [-0.39, 0.29) is 17.9 Å². The fraction of sp³-hybridized carbons (Fsp3) is 0.600. The average molecular weight is 390 g/mol. The molecule has 3 aliphatic rings. The van der Waals surface area contributed by atoms with Crippen LogP contribution in [0.2, 0.25) is 0 Å². The first-order valence-electron chi connectivity index (χ1n) is 9.05. The second kappa shape index (κ2) is 7.25. The summed E-state index contributed by atoms with van der Waals surface area (Å²) >= 11 is 3.69. The van der Waals surface area contributed by atoms with E-state index in [0.717, 1.165) is 30.2 Å². The summed E-state index contributed by atoms with van der Waals surface area (Å²) in [5.74, 6) is 1.09. The van der Waals surface area contributed by atoms with E-state index >= 15 is 0 Å². The number of hydrogen-bond donors (Lipinski definition) is 1. The summed E-state index contributed by atoms with van der Waals surface area (Å²) in [4.78, 5) is 0. The molecule has 4 atom stereocenters. The van der Waals surface area contributed by atoms with Crippen LogP contribution in [0.3, 0.4) is 0 Å². The highest BCUT2D eigenvalue weighted by molar-refractivity contribution is 9.12. The summed E-state index contributed by atoms with van der Waals surface area (Å²) in [7, 11) is 2.20. The minimum absolute atomic E-state index is 0.0225. The van der Waals surface area contributed by atoms with Crippen molar-refractivity contribution in [1.82, 2.24) is 0 Å². The van der Waals surface area contributed by atoms with E-state index in [4.69, 9.17) is 4.74 Å². The Hall–Kier alpha value is -0.735. The van der Waals surface area contributed by atoms with Crippen molar-refractivity contribution < 1.29 is 9.84 Å². The molecule has 129 valence electrons. The van der Waals surface area contributed by atoms with Crippen molar-refractivity contribution in [2.24, 2.45) is 17.8 Å². The Morgan fingerprint density at radius 1 is 1.50 bits per heavy atom. The Morgan fingerprint density at radius 2 is 2.25 bits per heavy atom. The van der Waals surface area contributed by atoms with Gasteiger partial charge >= 0.3 is 0 Å². The first kappa shape index (κ1) is 18.1. The molecule has 1 N–H and O–H groups in total. The highest BCUT2D eigenvalue weighted by Gasteiger charge is 2.46. The first-order valence-corrected chi connectivity index (χ1v) is 9.84. The van der Waals surface area contributed by atoms with E-state index in [0.29, 0.717) is 18.2 Å². The molecule has 0 aromatic rings. The number of aliphatic hydroxyl groups is 1. The standard InChI is InChI=1S/C20H27BBrO2/c1-5-6-14-17-20(24-10-21-17)16(19(23)18(14)22)15-9-12(4)7-8-13(15)11(2)3/h9,13,15-16,20,23H,2,5-8,10H2,1,3-4H3. The maximum Gasteiger partial charge on any atom is 0.183 e. The Labute approximate surface area is 155 Å². The Bertz CT molecular complexity index is 632. The largest absolute Gasteiger partial charge is 0.511 e. The van der Waals surface area contributed by atoms with E-state index in [1.807, 2.05) is 0 Å². The summed E-state index contributed by atoms with van der Waals surface area (Å²) in [5.41, 5.74) is 5.12. The first-order chi connectivity index (χ1) is 11.5. The zero-order chi connectivity index (χ0) is 17.4. The normalized spacial score (nSPS) is 33.2.